The van der Waals surface area contributed by atoms with Crippen molar-refractivity contribution in [3.8, 4) is 0 Å². The van der Waals surface area contributed by atoms with Gasteiger partial charge in [0.15, 0.2) is 0 Å². The quantitative estimate of drug-likeness (QED) is 0.637. The molecule has 0 heterocycles. The number of hydrogen-bond donors (Lipinski definition) is 0. The number of rotatable bonds is 4. The van der Waals surface area contributed by atoms with Crippen LogP contribution in [0.3, 0.4) is 0 Å². The lowest BCUT2D eigenvalue weighted by atomic mass is 9.84. The molecule has 84 valence electrons. The summed E-state index contributed by atoms with van der Waals surface area (Å²) in [7, 11) is 0. The van der Waals surface area contributed by atoms with Crippen LogP contribution in [0.5, 0.6) is 0 Å². The molecule has 16 heavy (non-hydrogen) atoms. The molecular formula is C16H20. The Kier molecular flexibility index (Phi) is 4.78. The molecule has 0 aliphatic heterocycles. The third-order valence-electron chi connectivity index (χ3n) is 2.56. The first-order valence-electron chi connectivity index (χ1n) is 5.69. The van der Waals surface area contributed by atoms with Crippen molar-refractivity contribution < 1.29 is 0 Å². The summed E-state index contributed by atoms with van der Waals surface area (Å²) in [6.45, 7) is 6.46. The maximum absolute atomic E-state index is 2.22. The fourth-order valence-corrected chi connectivity index (χ4v) is 1.50. The fraction of sp³-hybridized carbons (Fsp3) is 0.250. The molecule has 0 nitrogen and oxygen atoms in total. The van der Waals surface area contributed by atoms with Crippen LogP contribution in [0.25, 0.3) is 0 Å². The second-order valence-electron chi connectivity index (χ2n) is 4.36. The predicted octanol–water partition coefficient (Wildman–Crippen LogP) is 4.65. The Labute approximate surface area is 99.0 Å². The van der Waals surface area contributed by atoms with Gasteiger partial charge in [0.05, 0.1) is 0 Å². The Morgan fingerprint density at radius 1 is 0.875 bits per heavy atom. The Bertz CT molecular complexity index is 378. The van der Waals surface area contributed by atoms with Crippen LogP contribution in [-0.2, 0) is 5.41 Å². The van der Waals surface area contributed by atoms with Crippen LogP contribution in [-0.4, -0.2) is 0 Å². The van der Waals surface area contributed by atoms with Gasteiger partial charge in [-0.05, 0) is 12.5 Å². The number of benzene rings is 1. The third kappa shape index (κ3) is 3.90. The molecule has 1 aromatic rings. The number of hydrogen-bond acceptors (Lipinski definition) is 0. The standard InChI is InChI=1S/C16H20/c1-4-5-6-7-11-14-16(2,3)15-12-9-8-10-13-15/h4-14H,1-3H3/b5-4-,7-6-,14-11+. The lowest BCUT2D eigenvalue weighted by Gasteiger charge is -2.20. The summed E-state index contributed by atoms with van der Waals surface area (Å²) >= 11 is 0. The van der Waals surface area contributed by atoms with E-state index < -0.39 is 0 Å². The van der Waals surface area contributed by atoms with E-state index in [-0.39, 0.29) is 5.41 Å². The molecule has 0 saturated carbocycles. The van der Waals surface area contributed by atoms with E-state index in [4.69, 9.17) is 0 Å². The summed E-state index contributed by atoms with van der Waals surface area (Å²) in [5, 5.41) is 0. The minimum Gasteiger partial charge on any atom is -0.0877 e. The smallest absolute Gasteiger partial charge is 0.00784 e. The van der Waals surface area contributed by atoms with Crippen molar-refractivity contribution in [2.75, 3.05) is 0 Å². The Balaban J connectivity index is 2.72. The number of allylic oxidation sites excluding steroid dienone is 6. The largest absolute Gasteiger partial charge is 0.0877 e. The highest BCUT2D eigenvalue weighted by Crippen LogP contribution is 2.24. The normalized spacial score (nSPS) is 13.2. The molecule has 0 aromatic heterocycles. The molecule has 0 atom stereocenters. The zero-order valence-corrected chi connectivity index (χ0v) is 10.4. The zero-order valence-electron chi connectivity index (χ0n) is 10.4. The molecule has 0 fully saturated rings. The van der Waals surface area contributed by atoms with E-state index in [9.17, 15) is 0 Å². The van der Waals surface area contributed by atoms with Gasteiger partial charge in [-0.25, -0.2) is 0 Å². The zero-order chi connectivity index (χ0) is 11.9. The van der Waals surface area contributed by atoms with E-state index in [1.807, 2.05) is 25.2 Å². The summed E-state index contributed by atoms with van der Waals surface area (Å²) in [6.07, 6.45) is 12.5. The maximum atomic E-state index is 2.22. The van der Waals surface area contributed by atoms with E-state index in [2.05, 4.69) is 62.4 Å². The minimum absolute atomic E-state index is 0.0849. The topological polar surface area (TPSA) is 0 Å². The molecule has 0 radical (unpaired) electrons. The molecule has 1 rings (SSSR count). The molecule has 0 amide bonds. The maximum Gasteiger partial charge on any atom is 0.00784 e. The Hall–Kier alpha value is -1.56. The van der Waals surface area contributed by atoms with Crippen molar-refractivity contribution >= 4 is 0 Å². The van der Waals surface area contributed by atoms with Gasteiger partial charge < -0.3 is 0 Å². The second-order valence-corrected chi connectivity index (χ2v) is 4.36. The van der Waals surface area contributed by atoms with Crippen molar-refractivity contribution in [1.82, 2.24) is 0 Å². The third-order valence-corrected chi connectivity index (χ3v) is 2.56. The van der Waals surface area contributed by atoms with Crippen LogP contribution in [0.4, 0.5) is 0 Å². The SMILES string of the molecule is C\C=C/C=C\C=C\C(C)(C)c1ccccc1. The Morgan fingerprint density at radius 3 is 2.12 bits per heavy atom. The van der Waals surface area contributed by atoms with Crippen LogP contribution < -0.4 is 0 Å². The molecule has 0 N–H and O–H groups in total. The molecule has 0 bridgehead atoms. The molecule has 0 aliphatic rings. The van der Waals surface area contributed by atoms with Crippen molar-refractivity contribution in [3.05, 3.63) is 72.4 Å². The molecule has 0 unspecified atom stereocenters. The monoisotopic (exact) mass is 212 g/mol. The highest BCUT2D eigenvalue weighted by atomic mass is 14.2. The van der Waals surface area contributed by atoms with Gasteiger partial charge in [-0.1, -0.05) is 80.6 Å². The van der Waals surface area contributed by atoms with Crippen molar-refractivity contribution in [2.24, 2.45) is 0 Å². The molecule has 1 aromatic carbocycles. The van der Waals surface area contributed by atoms with Gasteiger partial charge in [-0.3, -0.25) is 0 Å². The summed E-state index contributed by atoms with van der Waals surface area (Å²) < 4.78 is 0. The van der Waals surface area contributed by atoms with E-state index in [0.29, 0.717) is 0 Å². The van der Waals surface area contributed by atoms with Gasteiger partial charge in [0.2, 0.25) is 0 Å². The lowest BCUT2D eigenvalue weighted by Crippen LogP contribution is -2.12. The van der Waals surface area contributed by atoms with E-state index >= 15 is 0 Å². The van der Waals surface area contributed by atoms with Crippen molar-refractivity contribution in [2.45, 2.75) is 26.2 Å². The summed E-state index contributed by atoms with van der Waals surface area (Å²) in [4.78, 5) is 0. The van der Waals surface area contributed by atoms with E-state index in [1.54, 1.807) is 0 Å². The first kappa shape index (κ1) is 12.5. The van der Waals surface area contributed by atoms with Gasteiger partial charge in [0, 0.05) is 5.41 Å². The second kappa shape index (κ2) is 6.12. The molecule has 0 heteroatoms. The van der Waals surface area contributed by atoms with Crippen LogP contribution in [0.15, 0.2) is 66.8 Å². The average Bonchev–Trinajstić information content (AvgIpc) is 2.30. The predicted molar refractivity (Wildman–Crippen MR) is 72.6 cm³/mol. The first-order valence-corrected chi connectivity index (χ1v) is 5.69. The van der Waals surface area contributed by atoms with E-state index in [1.165, 1.54) is 5.56 Å². The molecule has 0 aliphatic carbocycles. The van der Waals surface area contributed by atoms with Gasteiger partial charge in [-0.2, -0.15) is 0 Å². The first-order chi connectivity index (χ1) is 7.67. The van der Waals surface area contributed by atoms with E-state index in [0.717, 1.165) is 0 Å². The van der Waals surface area contributed by atoms with Crippen LogP contribution in [0.1, 0.15) is 26.3 Å². The van der Waals surface area contributed by atoms with Gasteiger partial charge in [0.1, 0.15) is 0 Å². The summed E-state index contributed by atoms with van der Waals surface area (Å²) in [6, 6.07) is 10.6. The molecule has 0 saturated heterocycles. The van der Waals surface area contributed by atoms with Crippen LogP contribution >= 0.6 is 0 Å². The van der Waals surface area contributed by atoms with Crippen LogP contribution in [0.2, 0.25) is 0 Å². The highest BCUT2D eigenvalue weighted by molar-refractivity contribution is 5.30. The molecular weight excluding hydrogens is 192 g/mol. The Morgan fingerprint density at radius 2 is 1.50 bits per heavy atom. The highest BCUT2D eigenvalue weighted by Gasteiger charge is 2.15. The van der Waals surface area contributed by atoms with Crippen molar-refractivity contribution in [3.63, 3.8) is 0 Å². The summed E-state index contributed by atoms with van der Waals surface area (Å²) in [5.41, 5.74) is 1.42. The minimum atomic E-state index is 0.0849. The van der Waals surface area contributed by atoms with Gasteiger partial charge in [-0.15, -0.1) is 0 Å². The van der Waals surface area contributed by atoms with Crippen molar-refractivity contribution in [1.29, 1.82) is 0 Å². The van der Waals surface area contributed by atoms with Gasteiger partial charge in [0.25, 0.3) is 0 Å². The average molecular weight is 212 g/mol. The lowest BCUT2D eigenvalue weighted by molar-refractivity contribution is 0.670. The van der Waals surface area contributed by atoms with Crippen LogP contribution in [0, 0.1) is 0 Å². The fourth-order valence-electron chi connectivity index (χ4n) is 1.50. The van der Waals surface area contributed by atoms with Gasteiger partial charge >= 0.3 is 0 Å². The molecule has 0 spiro atoms. The summed E-state index contributed by atoms with van der Waals surface area (Å²) in [5.74, 6) is 0.